The monoisotopic (exact) mass is 398 g/mol. The van der Waals surface area contributed by atoms with E-state index in [1.54, 1.807) is 41.1 Å². The van der Waals surface area contributed by atoms with Crippen LogP contribution in [0.2, 0.25) is 0 Å². The van der Waals surface area contributed by atoms with Gasteiger partial charge in [0.1, 0.15) is 11.6 Å². The molecule has 0 unspecified atom stereocenters. The summed E-state index contributed by atoms with van der Waals surface area (Å²) in [6, 6.07) is 11.4. The summed E-state index contributed by atoms with van der Waals surface area (Å²) in [7, 11) is -2.48. The summed E-state index contributed by atoms with van der Waals surface area (Å²) < 4.78 is 47.9. The fraction of sp³-hybridized carbons (Fsp3) is 0.0526. The van der Waals surface area contributed by atoms with Gasteiger partial charge in [-0.2, -0.15) is 0 Å². The number of hydrogen-bond acceptors (Lipinski definition) is 5. The third-order valence-electron chi connectivity index (χ3n) is 4.10. The first-order chi connectivity index (χ1) is 13.5. The summed E-state index contributed by atoms with van der Waals surface area (Å²) in [5, 5.41) is 0. The van der Waals surface area contributed by atoms with Crippen molar-refractivity contribution in [3.05, 3.63) is 72.9 Å². The molecule has 0 atom stereocenters. The Balaban J connectivity index is 1.73. The SMILES string of the molecule is COc1ccc(-c2cn3cccnc3n2)cc1NS(=O)(=O)c1ccc(F)cc1. The van der Waals surface area contributed by atoms with E-state index in [2.05, 4.69) is 14.7 Å². The second-order valence-corrected chi connectivity index (χ2v) is 7.61. The number of nitrogens with one attached hydrogen (secondary N) is 1. The Kier molecular flexibility index (Phi) is 4.44. The minimum absolute atomic E-state index is 0.0571. The van der Waals surface area contributed by atoms with Crippen molar-refractivity contribution in [2.45, 2.75) is 4.90 Å². The molecule has 0 aliphatic heterocycles. The lowest BCUT2D eigenvalue weighted by atomic mass is 10.1. The first-order valence-electron chi connectivity index (χ1n) is 8.23. The molecule has 0 radical (unpaired) electrons. The number of nitrogens with zero attached hydrogens (tertiary/aromatic N) is 3. The van der Waals surface area contributed by atoms with E-state index in [9.17, 15) is 12.8 Å². The minimum atomic E-state index is -3.92. The van der Waals surface area contributed by atoms with Crippen LogP contribution in [0.25, 0.3) is 17.0 Å². The van der Waals surface area contributed by atoms with Crippen LogP contribution in [-0.4, -0.2) is 29.9 Å². The molecule has 1 N–H and O–H groups in total. The van der Waals surface area contributed by atoms with E-state index in [1.807, 2.05) is 6.20 Å². The van der Waals surface area contributed by atoms with Crippen LogP contribution in [0.3, 0.4) is 0 Å². The van der Waals surface area contributed by atoms with E-state index in [0.29, 0.717) is 22.8 Å². The fourth-order valence-corrected chi connectivity index (χ4v) is 3.79. The van der Waals surface area contributed by atoms with Gasteiger partial charge in [0.2, 0.25) is 5.78 Å². The van der Waals surface area contributed by atoms with Crippen molar-refractivity contribution in [1.82, 2.24) is 14.4 Å². The summed E-state index contributed by atoms with van der Waals surface area (Å²) in [6.07, 6.45) is 5.26. The van der Waals surface area contributed by atoms with Crippen molar-refractivity contribution < 1.29 is 17.5 Å². The van der Waals surface area contributed by atoms with Crippen molar-refractivity contribution in [3.8, 4) is 17.0 Å². The van der Waals surface area contributed by atoms with Crippen LogP contribution in [0.1, 0.15) is 0 Å². The van der Waals surface area contributed by atoms with Crippen molar-refractivity contribution in [1.29, 1.82) is 0 Å². The number of ether oxygens (including phenoxy) is 1. The Labute approximate surface area is 160 Å². The highest BCUT2D eigenvalue weighted by atomic mass is 32.2. The van der Waals surface area contributed by atoms with Gasteiger partial charge in [-0.1, -0.05) is 0 Å². The smallest absolute Gasteiger partial charge is 0.262 e. The molecule has 2 aromatic heterocycles. The van der Waals surface area contributed by atoms with E-state index in [1.165, 1.54) is 19.2 Å². The summed E-state index contributed by atoms with van der Waals surface area (Å²) in [5.41, 5.74) is 1.56. The van der Waals surface area contributed by atoms with Gasteiger partial charge in [0.15, 0.2) is 0 Å². The number of rotatable bonds is 5. The molecule has 0 saturated carbocycles. The molecule has 2 heterocycles. The predicted molar refractivity (Wildman–Crippen MR) is 102 cm³/mol. The van der Waals surface area contributed by atoms with Gasteiger partial charge in [0, 0.05) is 24.2 Å². The molecule has 0 saturated heterocycles. The lowest BCUT2D eigenvalue weighted by Gasteiger charge is -2.13. The van der Waals surface area contributed by atoms with Gasteiger partial charge in [0.25, 0.3) is 10.0 Å². The van der Waals surface area contributed by atoms with Crippen molar-refractivity contribution in [3.63, 3.8) is 0 Å². The molecule has 4 rings (SSSR count). The lowest BCUT2D eigenvalue weighted by Crippen LogP contribution is -2.13. The Morgan fingerprint density at radius 3 is 2.64 bits per heavy atom. The number of halogens is 1. The first-order valence-corrected chi connectivity index (χ1v) is 9.71. The molecule has 0 fully saturated rings. The van der Waals surface area contributed by atoms with E-state index in [4.69, 9.17) is 4.74 Å². The number of benzene rings is 2. The van der Waals surface area contributed by atoms with Crippen molar-refractivity contribution >= 4 is 21.5 Å². The molecule has 7 nitrogen and oxygen atoms in total. The van der Waals surface area contributed by atoms with Crippen LogP contribution >= 0.6 is 0 Å². The molecule has 142 valence electrons. The largest absolute Gasteiger partial charge is 0.495 e. The number of sulfonamides is 1. The van der Waals surface area contributed by atoms with Crippen LogP contribution in [0.5, 0.6) is 5.75 Å². The number of methoxy groups -OCH3 is 1. The number of aromatic nitrogens is 3. The predicted octanol–water partition coefficient (Wildman–Crippen LogP) is 3.34. The van der Waals surface area contributed by atoms with E-state index in [0.717, 1.165) is 12.1 Å². The van der Waals surface area contributed by atoms with E-state index < -0.39 is 15.8 Å². The van der Waals surface area contributed by atoms with Gasteiger partial charge in [-0.05, 0) is 48.5 Å². The molecule has 0 spiro atoms. The van der Waals surface area contributed by atoms with Crippen molar-refractivity contribution in [2.75, 3.05) is 11.8 Å². The molecule has 2 aromatic carbocycles. The zero-order valence-corrected chi connectivity index (χ0v) is 15.5. The van der Waals surface area contributed by atoms with Crippen LogP contribution in [0.15, 0.2) is 72.0 Å². The van der Waals surface area contributed by atoms with Gasteiger partial charge >= 0.3 is 0 Å². The zero-order chi connectivity index (χ0) is 19.7. The maximum Gasteiger partial charge on any atom is 0.262 e. The normalized spacial score (nSPS) is 11.5. The highest BCUT2D eigenvalue weighted by molar-refractivity contribution is 7.92. The number of hydrogen-bond donors (Lipinski definition) is 1. The summed E-state index contributed by atoms with van der Waals surface area (Å²) in [4.78, 5) is 8.55. The summed E-state index contributed by atoms with van der Waals surface area (Å²) >= 11 is 0. The average Bonchev–Trinajstić information content (AvgIpc) is 3.12. The number of fused-ring (bicyclic) bond motifs is 1. The Hall–Kier alpha value is -3.46. The Morgan fingerprint density at radius 1 is 1.14 bits per heavy atom. The molecule has 0 amide bonds. The van der Waals surface area contributed by atoms with E-state index in [-0.39, 0.29) is 10.6 Å². The summed E-state index contributed by atoms with van der Waals surface area (Å²) in [6.45, 7) is 0. The highest BCUT2D eigenvalue weighted by Crippen LogP contribution is 2.32. The van der Waals surface area contributed by atoms with Gasteiger partial charge < -0.3 is 4.74 Å². The molecule has 4 aromatic rings. The van der Waals surface area contributed by atoms with Gasteiger partial charge in [-0.3, -0.25) is 9.12 Å². The molecule has 28 heavy (non-hydrogen) atoms. The van der Waals surface area contributed by atoms with Crippen LogP contribution in [0, 0.1) is 5.82 Å². The minimum Gasteiger partial charge on any atom is -0.495 e. The highest BCUT2D eigenvalue weighted by Gasteiger charge is 2.18. The number of anilines is 1. The second-order valence-electron chi connectivity index (χ2n) is 5.93. The maximum absolute atomic E-state index is 13.1. The maximum atomic E-state index is 13.1. The van der Waals surface area contributed by atoms with Crippen LogP contribution in [-0.2, 0) is 10.0 Å². The van der Waals surface area contributed by atoms with Gasteiger partial charge in [-0.15, -0.1) is 0 Å². The summed E-state index contributed by atoms with van der Waals surface area (Å²) in [5.74, 6) is 0.358. The molecule has 0 aliphatic rings. The quantitative estimate of drug-likeness (QED) is 0.557. The average molecular weight is 398 g/mol. The van der Waals surface area contributed by atoms with Crippen molar-refractivity contribution in [2.24, 2.45) is 0 Å². The topological polar surface area (TPSA) is 85.6 Å². The Morgan fingerprint density at radius 2 is 1.93 bits per heavy atom. The van der Waals surface area contributed by atoms with E-state index >= 15 is 0 Å². The van der Waals surface area contributed by atoms with Crippen LogP contribution < -0.4 is 9.46 Å². The zero-order valence-electron chi connectivity index (χ0n) is 14.7. The van der Waals surface area contributed by atoms with Gasteiger partial charge in [0.05, 0.1) is 23.4 Å². The lowest BCUT2D eigenvalue weighted by molar-refractivity contribution is 0.417. The molecule has 9 heteroatoms. The number of imidazole rings is 1. The standard InChI is InChI=1S/C19H15FN4O3S/c1-27-18-8-3-13(17-12-24-10-2-9-21-19(24)22-17)11-16(18)23-28(25,26)15-6-4-14(20)5-7-15/h2-12,23H,1H3. The third kappa shape index (κ3) is 3.39. The Bertz CT molecular complexity index is 1220. The van der Waals surface area contributed by atoms with Gasteiger partial charge in [-0.25, -0.2) is 22.8 Å². The molecular weight excluding hydrogens is 383 g/mol. The first kappa shape index (κ1) is 17.9. The fourth-order valence-electron chi connectivity index (χ4n) is 2.73. The van der Waals surface area contributed by atoms with Crippen LogP contribution in [0.4, 0.5) is 10.1 Å². The molecule has 0 bridgehead atoms. The third-order valence-corrected chi connectivity index (χ3v) is 5.48. The molecule has 0 aliphatic carbocycles. The second kappa shape index (κ2) is 6.93. The molecular formula is C19H15FN4O3S.